The van der Waals surface area contributed by atoms with Crippen molar-refractivity contribution in [2.75, 3.05) is 0 Å². The summed E-state index contributed by atoms with van der Waals surface area (Å²) in [6.45, 7) is 14.6. The SMILES string of the molecule is C=C(C)/C=C\C(=C/CC)C1(c2ccccc2)C(=O)C(C)(C)C2=C1C(CC)CC=C2. The van der Waals surface area contributed by atoms with Crippen LogP contribution >= 0.6 is 0 Å². The van der Waals surface area contributed by atoms with E-state index >= 15 is 0 Å². The number of rotatable bonds is 6. The molecule has 152 valence electrons. The molecule has 2 aliphatic rings. The Bertz CT molecular complexity index is 920. The molecular weight excluding hydrogens is 352 g/mol. The Morgan fingerprint density at radius 2 is 1.86 bits per heavy atom. The van der Waals surface area contributed by atoms with Crippen LogP contribution in [0.5, 0.6) is 0 Å². The van der Waals surface area contributed by atoms with Crippen molar-refractivity contribution in [2.24, 2.45) is 11.3 Å². The summed E-state index contributed by atoms with van der Waals surface area (Å²) in [7, 11) is 0. The highest BCUT2D eigenvalue weighted by Gasteiger charge is 2.60. The van der Waals surface area contributed by atoms with Gasteiger partial charge in [-0.3, -0.25) is 4.79 Å². The fourth-order valence-electron chi connectivity index (χ4n) is 5.14. The van der Waals surface area contributed by atoms with E-state index in [1.54, 1.807) is 0 Å². The first-order valence-corrected chi connectivity index (χ1v) is 10.9. The minimum Gasteiger partial charge on any atom is -0.297 e. The van der Waals surface area contributed by atoms with Gasteiger partial charge in [-0.1, -0.05) is 86.7 Å². The molecule has 0 bridgehead atoms. The van der Waals surface area contributed by atoms with Gasteiger partial charge in [-0.15, -0.1) is 0 Å². The number of hydrogen-bond acceptors (Lipinski definition) is 1. The summed E-state index contributed by atoms with van der Waals surface area (Å²) in [4.78, 5) is 14.4. The van der Waals surface area contributed by atoms with Gasteiger partial charge in [-0.2, -0.15) is 0 Å². The number of Topliss-reactive ketones (excluding diaryl/α,β-unsaturated/α-hetero) is 1. The summed E-state index contributed by atoms with van der Waals surface area (Å²) in [5.74, 6) is 0.664. The maximum absolute atomic E-state index is 14.4. The molecule has 0 aromatic heterocycles. The van der Waals surface area contributed by atoms with Crippen LogP contribution in [0.15, 0.2) is 89.6 Å². The number of carbonyl (C=O) groups is 1. The molecule has 2 aliphatic carbocycles. The molecule has 0 saturated carbocycles. The zero-order chi connectivity index (χ0) is 21.2. The van der Waals surface area contributed by atoms with Crippen LogP contribution in [-0.2, 0) is 10.2 Å². The number of ketones is 1. The van der Waals surface area contributed by atoms with E-state index in [0.29, 0.717) is 5.92 Å². The van der Waals surface area contributed by atoms with Crippen LogP contribution in [0.4, 0.5) is 0 Å². The summed E-state index contributed by atoms with van der Waals surface area (Å²) in [6.07, 6.45) is 13.8. The molecule has 2 atom stereocenters. The zero-order valence-electron chi connectivity index (χ0n) is 18.6. The normalized spacial score (nSPS) is 26.3. The molecule has 1 aromatic carbocycles. The largest absolute Gasteiger partial charge is 0.297 e. The third-order valence-corrected chi connectivity index (χ3v) is 6.49. The minimum atomic E-state index is -0.729. The summed E-state index contributed by atoms with van der Waals surface area (Å²) < 4.78 is 0. The van der Waals surface area contributed by atoms with Crippen LogP contribution in [-0.4, -0.2) is 5.78 Å². The number of hydrogen-bond donors (Lipinski definition) is 0. The van der Waals surface area contributed by atoms with Crippen molar-refractivity contribution in [1.29, 1.82) is 0 Å². The van der Waals surface area contributed by atoms with Gasteiger partial charge in [-0.05, 0) is 68.2 Å². The lowest BCUT2D eigenvalue weighted by Crippen LogP contribution is -2.42. The summed E-state index contributed by atoms with van der Waals surface area (Å²) >= 11 is 0. The second-order valence-corrected chi connectivity index (χ2v) is 8.89. The van der Waals surface area contributed by atoms with Gasteiger partial charge in [0.1, 0.15) is 5.41 Å². The lowest BCUT2D eigenvalue weighted by molar-refractivity contribution is -0.127. The first-order valence-electron chi connectivity index (χ1n) is 10.9. The number of allylic oxidation sites excluding steroid dienone is 9. The lowest BCUT2D eigenvalue weighted by atomic mass is 9.62. The van der Waals surface area contributed by atoms with Gasteiger partial charge in [0.2, 0.25) is 0 Å². The van der Waals surface area contributed by atoms with E-state index in [2.05, 4.69) is 82.8 Å². The number of benzene rings is 1. The van der Waals surface area contributed by atoms with Crippen LogP contribution in [0.3, 0.4) is 0 Å². The van der Waals surface area contributed by atoms with Crippen molar-refractivity contribution in [3.63, 3.8) is 0 Å². The standard InChI is InChI=1S/C28H34O/c1-7-13-22(19-18-20(3)4)28(23-15-10-9-11-16-23)25-21(8-2)14-12-17-24(25)27(5,6)26(28)29/h9-13,15-19,21H,3,7-8,14H2,1-2,4-6H3/b19-18-,22-13+. The molecule has 0 N–H and O–H groups in total. The maximum atomic E-state index is 14.4. The summed E-state index contributed by atoms with van der Waals surface area (Å²) in [6, 6.07) is 10.4. The van der Waals surface area contributed by atoms with Crippen molar-refractivity contribution in [3.05, 3.63) is 95.1 Å². The molecule has 1 aromatic rings. The quantitative estimate of drug-likeness (QED) is 0.469. The van der Waals surface area contributed by atoms with Crippen molar-refractivity contribution in [3.8, 4) is 0 Å². The molecule has 0 fully saturated rings. The van der Waals surface area contributed by atoms with E-state index in [-0.39, 0.29) is 5.78 Å². The van der Waals surface area contributed by atoms with Crippen LogP contribution in [0.25, 0.3) is 0 Å². The van der Waals surface area contributed by atoms with Crippen LogP contribution in [0.2, 0.25) is 0 Å². The Morgan fingerprint density at radius 1 is 1.17 bits per heavy atom. The second kappa shape index (κ2) is 8.14. The lowest BCUT2D eigenvalue weighted by Gasteiger charge is -2.38. The van der Waals surface area contributed by atoms with Crippen LogP contribution in [0, 0.1) is 11.3 Å². The molecule has 0 aliphatic heterocycles. The van der Waals surface area contributed by atoms with Gasteiger partial charge in [0.25, 0.3) is 0 Å². The Balaban J connectivity index is 2.44. The highest BCUT2D eigenvalue weighted by Crippen LogP contribution is 2.60. The van der Waals surface area contributed by atoms with E-state index in [9.17, 15) is 4.79 Å². The molecule has 3 rings (SSSR count). The average Bonchev–Trinajstić information content (AvgIpc) is 2.90. The van der Waals surface area contributed by atoms with Gasteiger partial charge in [0.05, 0.1) is 0 Å². The maximum Gasteiger partial charge on any atom is 0.161 e. The Hall–Kier alpha value is -2.41. The van der Waals surface area contributed by atoms with Crippen LogP contribution in [0.1, 0.15) is 59.4 Å². The van der Waals surface area contributed by atoms with Gasteiger partial charge >= 0.3 is 0 Å². The first-order chi connectivity index (χ1) is 13.8. The van der Waals surface area contributed by atoms with E-state index < -0.39 is 10.8 Å². The monoisotopic (exact) mass is 386 g/mol. The predicted octanol–water partition coefficient (Wildman–Crippen LogP) is 7.28. The van der Waals surface area contributed by atoms with Gasteiger partial charge in [-0.25, -0.2) is 0 Å². The molecule has 0 heterocycles. The molecule has 1 heteroatoms. The minimum absolute atomic E-state index is 0.289. The van der Waals surface area contributed by atoms with Crippen molar-refractivity contribution in [1.82, 2.24) is 0 Å². The molecule has 2 unspecified atom stereocenters. The summed E-state index contributed by atoms with van der Waals surface area (Å²) in [5, 5.41) is 0. The highest BCUT2D eigenvalue weighted by atomic mass is 16.1. The van der Waals surface area contributed by atoms with Crippen molar-refractivity contribution >= 4 is 5.78 Å². The molecule has 29 heavy (non-hydrogen) atoms. The molecule has 0 saturated heterocycles. The third-order valence-electron chi connectivity index (χ3n) is 6.49. The molecular formula is C28H34O. The second-order valence-electron chi connectivity index (χ2n) is 8.89. The summed E-state index contributed by atoms with van der Waals surface area (Å²) in [5.41, 5.74) is 4.45. The molecule has 0 radical (unpaired) electrons. The van der Waals surface area contributed by atoms with E-state index in [4.69, 9.17) is 0 Å². The Kier molecular flexibility index (Phi) is 5.98. The van der Waals surface area contributed by atoms with E-state index in [0.717, 1.165) is 36.0 Å². The predicted molar refractivity (Wildman–Crippen MR) is 124 cm³/mol. The first kappa shape index (κ1) is 21.3. The van der Waals surface area contributed by atoms with Gasteiger partial charge in [0, 0.05) is 5.41 Å². The van der Waals surface area contributed by atoms with Crippen LogP contribution < -0.4 is 0 Å². The topological polar surface area (TPSA) is 17.1 Å². The fourth-order valence-corrected chi connectivity index (χ4v) is 5.14. The van der Waals surface area contributed by atoms with Crippen molar-refractivity contribution < 1.29 is 4.79 Å². The van der Waals surface area contributed by atoms with E-state index in [1.165, 1.54) is 11.1 Å². The van der Waals surface area contributed by atoms with Gasteiger partial charge < -0.3 is 0 Å². The Morgan fingerprint density at radius 3 is 2.45 bits per heavy atom. The molecule has 0 spiro atoms. The number of carbonyl (C=O) groups excluding carboxylic acids is 1. The zero-order valence-corrected chi connectivity index (χ0v) is 18.6. The third kappa shape index (κ3) is 3.31. The smallest absolute Gasteiger partial charge is 0.161 e. The van der Waals surface area contributed by atoms with Crippen molar-refractivity contribution in [2.45, 2.75) is 59.3 Å². The van der Waals surface area contributed by atoms with Gasteiger partial charge in [0.15, 0.2) is 5.78 Å². The Labute approximate surface area is 176 Å². The molecule has 0 amide bonds. The fraction of sp³-hybridized carbons (Fsp3) is 0.393. The highest BCUT2D eigenvalue weighted by molar-refractivity contribution is 6.07. The van der Waals surface area contributed by atoms with E-state index in [1.807, 2.05) is 19.1 Å². The average molecular weight is 387 g/mol. The molecule has 1 nitrogen and oxygen atoms in total.